The maximum atomic E-state index is 12.2. The predicted molar refractivity (Wildman–Crippen MR) is 84.5 cm³/mol. The van der Waals surface area contributed by atoms with E-state index in [0.717, 1.165) is 23.1 Å². The number of carbonyl (C=O) groups is 1. The first-order chi connectivity index (χ1) is 10.1. The van der Waals surface area contributed by atoms with Crippen molar-refractivity contribution in [2.45, 2.75) is 13.0 Å². The van der Waals surface area contributed by atoms with E-state index in [-0.39, 0.29) is 12.5 Å². The van der Waals surface area contributed by atoms with E-state index in [1.54, 1.807) is 0 Å². The second kappa shape index (κ2) is 7.89. The van der Waals surface area contributed by atoms with Crippen molar-refractivity contribution in [2.75, 3.05) is 39.4 Å². The third-order valence-corrected chi connectivity index (χ3v) is 4.18. The number of nitrogens with zero attached hydrogens (tertiary/aromatic N) is 1. The zero-order valence-corrected chi connectivity index (χ0v) is 13.7. The minimum Gasteiger partial charge on any atom is -0.390 e. The number of nitrogens with one attached hydrogen (secondary N) is 1. The highest BCUT2D eigenvalue weighted by Crippen LogP contribution is 2.19. The molecular weight excluding hydrogens is 336 g/mol. The lowest BCUT2D eigenvalue weighted by Gasteiger charge is -2.28. The molecule has 0 spiro atoms. The van der Waals surface area contributed by atoms with Crippen molar-refractivity contribution in [1.29, 1.82) is 0 Å². The summed E-state index contributed by atoms with van der Waals surface area (Å²) in [5.74, 6) is -0.166. The van der Waals surface area contributed by atoms with Crippen molar-refractivity contribution < 1.29 is 14.6 Å². The van der Waals surface area contributed by atoms with Crippen LogP contribution in [0.25, 0.3) is 0 Å². The van der Waals surface area contributed by atoms with Gasteiger partial charge in [0.1, 0.15) is 0 Å². The molecule has 1 aliphatic rings. The smallest absolute Gasteiger partial charge is 0.252 e. The van der Waals surface area contributed by atoms with E-state index >= 15 is 0 Å². The average molecular weight is 357 g/mol. The van der Waals surface area contributed by atoms with Gasteiger partial charge in [-0.25, -0.2) is 0 Å². The van der Waals surface area contributed by atoms with Crippen molar-refractivity contribution in [3.63, 3.8) is 0 Å². The molecule has 21 heavy (non-hydrogen) atoms. The number of rotatable bonds is 5. The fraction of sp³-hybridized carbons (Fsp3) is 0.533. The van der Waals surface area contributed by atoms with Gasteiger partial charge in [0.2, 0.25) is 0 Å². The van der Waals surface area contributed by atoms with E-state index in [0.29, 0.717) is 25.3 Å². The van der Waals surface area contributed by atoms with Crippen molar-refractivity contribution >= 4 is 21.8 Å². The van der Waals surface area contributed by atoms with Crippen LogP contribution in [0, 0.1) is 6.92 Å². The molecule has 1 amide bonds. The molecular formula is C15H21BrN2O3. The number of ether oxygens (including phenoxy) is 1. The fourth-order valence-electron chi connectivity index (χ4n) is 2.36. The number of halogens is 1. The number of aliphatic hydroxyl groups excluding tert-OH is 1. The predicted octanol–water partition coefficient (Wildman–Crippen LogP) is 1.18. The Balaban J connectivity index is 1.83. The standard InChI is InChI=1S/C15H21BrN2O3/c1-11-3-2-4-13(16)14(11)15(20)17-9-12(19)10-18-5-7-21-8-6-18/h2-4,12,19H,5-10H2,1H3,(H,17,20). The van der Waals surface area contributed by atoms with Gasteiger partial charge in [0.15, 0.2) is 0 Å². The number of aliphatic hydroxyl groups is 1. The van der Waals surface area contributed by atoms with E-state index in [2.05, 4.69) is 26.1 Å². The summed E-state index contributed by atoms with van der Waals surface area (Å²) >= 11 is 3.39. The van der Waals surface area contributed by atoms with Gasteiger partial charge in [-0.05, 0) is 34.5 Å². The highest BCUT2D eigenvalue weighted by molar-refractivity contribution is 9.10. The Bertz CT molecular complexity index is 470. The molecule has 1 atom stereocenters. The van der Waals surface area contributed by atoms with Crippen LogP contribution >= 0.6 is 15.9 Å². The van der Waals surface area contributed by atoms with Crippen LogP contribution in [0.4, 0.5) is 0 Å². The van der Waals surface area contributed by atoms with Crippen LogP contribution in [0.15, 0.2) is 22.7 Å². The molecule has 1 aliphatic heterocycles. The lowest BCUT2D eigenvalue weighted by molar-refractivity contribution is 0.0149. The first kappa shape index (κ1) is 16.4. The Morgan fingerprint density at radius 3 is 2.86 bits per heavy atom. The zero-order chi connectivity index (χ0) is 15.2. The molecule has 116 valence electrons. The summed E-state index contributed by atoms with van der Waals surface area (Å²) in [6.07, 6.45) is -0.574. The Morgan fingerprint density at radius 2 is 2.19 bits per heavy atom. The number of benzene rings is 1. The summed E-state index contributed by atoms with van der Waals surface area (Å²) in [6, 6.07) is 5.62. The maximum absolute atomic E-state index is 12.2. The van der Waals surface area contributed by atoms with E-state index in [1.807, 2.05) is 25.1 Å². The number of morpholine rings is 1. The molecule has 0 saturated carbocycles. The third-order valence-electron chi connectivity index (χ3n) is 3.52. The number of aryl methyl sites for hydroxylation is 1. The van der Waals surface area contributed by atoms with Crippen LogP contribution in [0.3, 0.4) is 0 Å². The van der Waals surface area contributed by atoms with Gasteiger partial charge in [0.25, 0.3) is 5.91 Å². The number of carbonyl (C=O) groups excluding carboxylic acids is 1. The molecule has 0 aromatic heterocycles. The van der Waals surface area contributed by atoms with Gasteiger partial charge in [-0.3, -0.25) is 9.69 Å². The van der Waals surface area contributed by atoms with Gasteiger partial charge in [0, 0.05) is 30.7 Å². The van der Waals surface area contributed by atoms with E-state index in [9.17, 15) is 9.90 Å². The van der Waals surface area contributed by atoms with Crippen LogP contribution in [0.1, 0.15) is 15.9 Å². The molecule has 1 aromatic rings. The Morgan fingerprint density at radius 1 is 1.48 bits per heavy atom. The Hall–Kier alpha value is -0.950. The molecule has 1 saturated heterocycles. The van der Waals surface area contributed by atoms with Gasteiger partial charge < -0.3 is 15.2 Å². The van der Waals surface area contributed by atoms with E-state index in [1.165, 1.54) is 0 Å². The molecule has 1 fully saturated rings. The highest BCUT2D eigenvalue weighted by Gasteiger charge is 2.17. The summed E-state index contributed by atoms with van der Waals surface area (Å²) in [6.45, 7) is 5.76. The van der Waals surface area contributed by atoms with Crippen molar-refractivity contribution in [2.24, 2.45) is 0 Å². The molecule has 5 nitrogen and oxygen atoms in total. The molecule has 0 aliphatic carbocycles. The van der Waals surface area contributed by atoms with Gasteiger partial charge in [-0.1, -0.05) is 12.1 Å². The molecule has 6 heteroatoms. The van der Waals surface area contributed by atoms with Gasteiger partial charge in [-0.15, -0.1) is 0 Å². The normalized spacial score (nSPS) is 17.5. The van der Waals surface area contributed by atoms with Crippen LogP contribution in [0.5, 0.6) is 0 Å². The van der Waals surface area contributed by atoms with Crippen molar-refractivity contribution in [3.8, 4) is 0 Å². The summed E-state index contributed by atoms with van der Waals surface area (Å²) in [4.78, 5) is 14.3. The Labute approximate surface area is 133 Å². The third kappa shape index (κ3) is 4.78. The fourth-order valence-corrected chi connectivity index (χ4v) is 3.01. The van der Waals surface area contributed by atoms with Gasteiger partial charge >= 0.3 is 0 Å². The molecule has 2 rings (SSSR count). The molecule has 0 radical (unpaired) electrons. The number of hydrogen-bond acceptors (Lipinski definition) is 4. The van der Waals surface area contributed by atoms with Crippen LogP contribution in [0.2, 0.25) is 0 Å². The van der Waals surface area contributed by atoms with Crippen LogP contribution in [-0.4, -0.2) is 61.4 Å². The maximum Gasteiger partial charge on any atom is 0.252 e. The lowest BCUT2D eigenvalue weighted by atomic mass is 10.1. The second-order valence-corrected chi connectivity index (χ2v) is 6.06. The topological polar surface area (TPSA) is 61.8 Å². The zero-order valence-electron chi connectivity index (χ0n) is 12.1. The van der Waals surface area contributed by atoms with Crippen molar-refractivity contribution in [3.05, 3.63) is 33.8 Å². The van der Waals surface area contributed by atoms with Crippen LogP contribution in [-0.2, 0) is 4.74 Å². The second-order valence-electron chi connectivity index (χ2n) is 5.21. The first-order valence-corrected chi connectivity index (χ1v) is 7.88. The highest BCUT2D eigenvalue weighted by atomic mass is 79.9. The molecule has 0 bridgehead atoms. The molecule has 2 N–H and O–H groups in total. The monoisotopic (exact) mass is 356 g/mol. The summed E-state index contributed by atoms with van der Waals surface area (Å²) in [5, 5.41) is 12.8. The lowest BCUT2D eigenvalue weighted by Crippen LogP contribution is -2.44. The Kier molecular flexibility index (Phi) is 6.17. The number of amides is 1. The molecule has 1 heterocycles. The minimum absolute atomic E-state index is 0.166. The van der Waals surface area contributed by atoms with Gasteiger partial charge in [-0.2, -0.15) is 0 Å². The van der Waals surface area contributed by atoms with E-state index in [4.69, 9.17) is 4.74 Å². The van der Waals surface area contributed by atoms with Gasteiger partial charge in [0.05, 0.1) is 24.9 Å². The summed E-state index contributed by atoms with van der Waals surface area (Å²) in [7, 11) is 0. The summed E-state index contributed by atoms with van der Waals surface area (Å²) in [5.41, 5.74) is 1.53. The van der Waals surface area contributed by atoms with Crippen LogP contribution < -0.4 is 5.32 Å². The minimum atomic E-state index is -0.574. The quantitative estimate of drug-likeness (QED) is 0.831. The summed E-state index contributed by atoms with van der Waals surface area (Å²) < 4.78 is 6.03. The molecule has 1 unspecified atom stereocenters. The largest absolute Gasteiger partial charge is 0.390 e. The van der Waals surface area contributed by atoms with E-state index < -0.39 is 6.10 Å². The average Bonchev–Trinajstić information content (AvgIpc) is 2.46. The SMILES string of the molecule is Cc1cccc(Br)c1C(=O)NCC(O)CN1CCOCC1. The number of hydrogen-bond donors (Lipinski definition) is 2. The molecule has 1 aromatic carbocycles. The number of β-amino-alcohol motifs (C(OH)–C–C–N with tert-alkyl or cyclic N) is 1. The first-order valence-electron chi connectivity index (χ1n) is 7.09. The van der Waals surface area contributed by atoms with Crippen molar-refractivity contribution in [1.82, 2.24) is 10.2 Å².